The highest BCUT2D eigenvalue weighted by atomic mass is 16.6. The summed E-state index contributed by atoms with van der Waals surface area (Å²) in [5.74, 6) is 0.897. The Bertz CT molecular complexity index is 636. The van der Waals surface area contributed by atoms with Gasteiger partial charge in [-0.1, -0.05) is 0 Å². The van der Waals surface area contributed by atoms with Crippen LogP contribution in [0.1, 0.15) is 24.3 Å². The van der Waals surface area contributed by atoms with Crippen molar-refractivity contribution in [2.45, 2.75) is 37.1 Å². The SMILES string of the molecule is COCCNC(=O)C[C@@H]1C[C@H]2c3cc(N(C)C)ccc3O[C@H]2[C@@H](CO)O1. The second kappa shape index (κ2) is 8.24. The first kappa shape index (κ1) is 18.9. The molecule has 1 aromatic rings. The molecule has 7 nitrogen and oxygen atoms in total. The lowest BCUT2D eigenvalue weighted by atomic mass is 9.84. The van der Waals surface area contributed by atoms with Crippen LogP contribution in [0, 0.1) is 0 Å². The van der Waals surface area contributed by atoms with Gasteiger partial charge in [-0.05, 0) is 24.6 Å². The molecule has 1 fully saturated rings. The molecule has 0 bridgehead atoms. The third kappa shape index (κ3) is 3.95. The number of anilines is 1. The second-order valence-electron chi connectivity index (χ2n) is 7.07. The zero-order valence-electron chi connectivity index (χ0n) is 15.6. The number of hydrogen-bond donors (Lipinski definition) is 2. The number of aliphatic hydroxyl groups excluding tert-OH is 1. The van der Waals surface area contributed by atoms with Gasteiger partial charge >= 0.3 is 0 Å². The third-order valence-corrected chi connectivity index (χ3v) is 5.04. The average molecular weight is 364 g/mol. The van der Waals surface area contributed by atoms with Crippen LogP contribution < -0.4 is 15.0 Å². The summed E-state index contributed by atoms with van der Waals surface area (Å²) in [6, 6.07) is 6.13. The van der Waals surface area contributed by atoms with Gasteiger partial charge in [0.15, 0.2) is 0 Å². The van der Waals surface area contributed by atoms with Crippen molar-refractivity contribution in [3.63, 3.8) is 0 Å². The van der Waals surface area contributed by atoms with Crippen molar-refractivity contribution < 1.29 is 24.1 Å². The minimum atomic E-state index is -0.430. The monoisotopic (exact) mass is 364 g/mol. The average Bonchev–Trinajstić information content (AvgIpc) is 2.99. The molecule has 0 saturated carbocycles. The van der Waals surface area contributed by atoms with Crippen LogP contribution in [-0.4, -0.2) is 70.3 Å². The molecule has 2 N–H and O–H groups in total. The predicted octanol–water partition coefficient (Wildman–Crippen LogP) is 0.900. The molecule has 4 atom stereocenters. The predicted molar refractivity (Wildman–Crippen MR) is 97.8 cm³/mol. The summed E-state index contributed by atoms with van der Waals surface area (Å²) in [5.41, 5.74) is 2.24. The van der Waals surface area contributed by atoms with Crippen LogP contribution in [0.4, 0.5) is 5.69 Å². The van der Waals surface area contributed by atoms with E-state index < -0.39 is 6.10 Å². The maximum absolute atomic E-state index is 12.1. The number of fused-ring (bicyclic) bond motifs is 3. The molecule has 0 unspecified atom stereocenters. The van der Waals surface area contributed by atoms with Crippen molar-refractivity contribution in [2.24, 2.45) is 0 Å². The molecular weight excluding hydrogens is 336 g/mol. The summed E-state index contributed by atoms with van der Waals surface area (Å²) in [4.78, 5) is 14.2. The molecule has 1 saturated heterocycles. The fourth-order valence-corrected chi connectivity index (χ4v) is 3.73. The van der Waals surface area contributed by atoms with Crippen LogP contribution in [0.2, 0.25) is 0 Å². The van der Waals surface area contributed by atoms with Crippen LogP contribution in [0.15, 0.2) is 18.2 Å². The van der Waals surface area contributed by atoms with E-state index in [1.807, 2.05) is 26.2 Å². The molecule has 2 aliphatic heterocycles. The minimum Gasteiger partial charge on any atom is -0.487 e. The van der Waals surface area contributed by atoms with Crippen LogP contribution in [0.25, 0.3) is 0 Å². The Labute approximate surface area is 154 Å². The van der Waals surface area contributed by atoms with E-state index in [2.05, 4.69) is 16.3 Å². The van der Waals surface area contributed by atoms with Crippen molar-refractivity contribution in [1.82, 2.24) is 5.32 Å². The van der Waals surface area contributed by atoms with Crippen molar-refractivity contribution in [2.75, 3.05) is 45.9 Å². The molecule has 0 aliphatic carbocycles. The highest BCUT2D eigenvalue weighted by molar-refractivity contribution is 5.76. The van der Waals surface area contributed by atoms with Crippen LogP contribution >= 0.6 is 0 Å². The summed E-state index contributed by atoms with van der Waals surface area (Å²) in [7, 11) is 5.60. The Morgan fingerprint density at radius 2 is 2.23 bits per heavy atom. The number of methoxy groups -OCH3 is 1. The lowest BCUT2D eigenvalue weighted by Gasteiger charge is -2.37. The lowest BCUT2D eigenvalue weighted by molar-refractivity contribution is -0.142. The first-order chi connectivity index (χ1) is 12.5. The molecule has 1 aromatic carbocycles. The quantitative estimate of drug-likeness (QED) is 0.700. The summed E-state index contributed by atoms with van der Waals surface area (Å²) >= 11 is 0. The molecule has 0 radical (unpaired) electrons. The van der Waals surface area contributed by atoms with E-state index >= 15 is 0 Å². The summed E-state index contributed by atoms with van der Waals surface area (Å²) in [6.07, 6.45) is 0.0870. The van der Waals surface area contributed by atoms with Gasteiger partial charge in [0.05, 0.1) is 25.7 Å². The van der Waals surface area contributed by atoms with Crippen molar-refractivity contribution >= 4 is 11.6 Å². The van der Waals surface area contributed by atoms with Gasteiger partial charge in [0.2, 0.25) is 5.91 Å². The first-order valence-electron chi connectivity index (χ1n) is 9.03. The van der Waals surface area contributed by atoms with Crippen molar-refractivity contribution in [3.8, 4) is 5.75 Å². The van der Waals surface area contributed by atoms with Crippen molar-refractivity contribution in [1.29, 1.82) is 0 Å². The van der Waals surface area contributed by atoms with Gasteiger partial charge in [0.25, 0.3) is 0 Å². The molecular formula is C19H28N2O5. The number of nitrogens with one attached hydrogen (secondary N) is 1. The van der Waals surface area contributed by atoms with E-state index in [-0.39, 0.29) is 37.1 Å². The third-order valence-electron chi connectivity index (χ3n) is 5.04. The highest BCUT2D eigenvalue weighted by Crippen LogP contribution is 2.47. The number of nitrogens with zero attached hydrogens (tertiary/aromatic N) is 1. The van der Waals surface area contributed by atoms with Gasteiger partial charge in [-0.2, -0.15) is 0 Å². The smallest absolute Gasteiger partial charge is 0.222 e. The molecule has 0 aromatic heterocycles. The Morgan fingerprint density at radius 1 is 1.42 bits per heavy atom. The number of rotatable bonds is 7. The normalized spacial score (nSPS) is 26.6. The maximum atomic E-state index is 12.1. The Kier molecular flexibility index (Phi) is 6.01. The summed E-state index contributed by atoms with van der Waals surface area (Å²) in [6.45, 7) is 0.836. The molecule has 1 amide bonds. The minimum absolute atomic E-state index is 0.0663. The van der Waals surface area contributed by atoms with E-state index in [4.69, 9.17) is 14.2 Å². The number of hydrogen-bond acceptors (Lipinski definition) is 6. The van der Waals surface area contributed by atoms with Crippen LogP contribution in [-0.2, 0) is 14.3 Å². The fourth-order valence-electron chi connectivity index (χ4n) is 3.73. The van der Waals surface area contributed by atoms with Crippen molar-refractivity contribution in [3.05, 3.63) is 23.8 Å². The Morgan fingerprint density at radius 3 is 2.92 bits per heavy atom. The number of aliphatic hydroxyl groups is 1. The summed E-state index contributed by atoms with van der Waals surface area (Å²) in [5, 5.41) is 12.6. The number of carbonyl (C=O) groups excluding carboxylic acids is 1. The number of benzene rings is 1. The number of carbonyl (C=O) groups is 1. The van der Waals surface area contributed by atoms with Gasteiger partial charge in [-0.3, -0.25) is 4.79 Å². The van der Waals surface area contributed by atoms with Gasteiger partial charge in [0.1, 0.15) is 18.0 Å². The van der Waals surface area contributed by atoms with E-state index in [0.29, 0.717) is 19.6 Å². The molecule has 0 spiro atoms. The first-order valence-corrected chi connectivity index (χ1v) is 9.03. The van der Waals surface area contributed by atoms with Gasteiger partial charge < -0.3 is 29.5 Å². The largest absolute Gasteiger partial charge is 0.487 e. The Balaban J connectivity index is 1.72. The van der Waals surface area contributed by atoms with E-state index in [1.54, 1.807) is 7.11 Å². The second-order valence-corrected chi connectivity index (χ2v) is 7.07. The van der Waals surface area contributed by atoms with Crippen LogP contribution in [0.3, 0.4) is 0 Å². The molecule has 2 heterocycles. The fraction of sp³-hybridized carbons (Fsp3) is 0.632. The Hall–Kier alpha value is -1.83. The number of amides is 1. The molecule has 7 heteroatoms. The van der Waals surface area contributed by atoms with E-state index in [9.17, 15) is 9.90 Å². The summed E-state index contributed by atoms with van der Waals surface area (Å²) < 4.78 is 17.0. The van der Waals surface area contributed by atoms with E-state index in [0.717, 1.165) is 17.0 Å². The standard InChI is InChI=1S/C19H28N2O5/c1-21(2)12-4-5-16-14(8-12)15-9-13(10-18(23)20-6-7-24-3)25-17(11-22)19(15)26-16/h4-5,8,13,15,17,19,22H,6-7,9-11H2,1-3H3,(H,20,23)/t13-,15-,17+,19+/m0/s1. The maximum Gasteiger partial charge on any atom is 0.222 e. The van der Waals surface area contributed by atoms with Gasteiger partial charge in [0, 0.05) is 44.9 Å². The molecule has 26 heavy (non-hydrogen) atoms. The molecule has 2 aliphatic rings. The zero-order valence-corrected chi connectivity index (χ0v) is 15.6. The lowest BCUT2D eigenvalue weighted by Crippen LogP contribution is -2.47. The molecule has 3 rings (SSSR count). The topological polar surface area (TPSA) is 80.3 Å². The van der Waals surface area contributed by atoms with Gasteiger partial charge in [-0.15, -0.1) is 0 Å². The number of ether oxygens (including phenoxy) is 3. The van der Waals surface area contributed by atoms with E-state index in [1.165, 1.54) is 0 Å². The van der Waals surface area contributed by atoms with Crippen LogP contribution in [0.5, 0.6) is 5.75 Å². The molecule has 144 valence electrons. The van der Waals surface area contributed by atoms with Gasteiger partial charge in [-0.25, -0.2) is 0 Å². The highest BCUT2D eigenvalue weighted by Gasteiger charge is 2.46. The zero-order chi connectivity index (χ0) is 18.7.